The SMILES string of the molecule is COCC1CCN(S(=O)(=O)N(C)[C@@H](C)c2nc(C)sc2C)CC1. The number of methoxy groups -OCH3 is 1. The molecule has 23 heavy (non-hydrogen) atoms. The normalized spacial score (nSPS) is 19.4. The van der Waals surface area contributed by atoms with Crippen molar-refractivity contribution in [3.05, 3.63) is 15.6 Å². The number of rotatable bonds is 6. The van der Waals surface area contributed by atoms with E-state index in [0.717, 1.165) is 28.4 Å². The van der Waals surface area contributed by atoms with Crippen LogP contribution < -0.4 is 0 Å². The first-order valence-electron chi connectivity index (χ1n) is 7.93. The van der Waals surface area contributed by atoms with E-state index in [1.165, 1.54) is 4.31 Å². The van der Waals surface area contributed by atoms with Crippen molar-refractivity contribution in [1.29, 1.82) is 0 Å². The van der Waals surface area contributed by atoms with Gasteiger partial charge in [0.05, 0.1) is 16.7 Å². The van der Waals surface area contributed by atoms with E-state index >= 15 is 0 Å². The molecule has 0 radical (unpaired) electrons. The molecule has 0 spiro atoms. The molecule has 0 amide bonds. The number of aryl methyl sites for hydroxylation is 2. The van der Waals surface area contributed by atoms with E-state index in [1.54, 1.807) is 29.8 Å². The fraction of sp³-hybridized carbons (Fsp3) is 0.800. The highest BCUT2D eigenvalue weighted by atomic mass is 32.2. The molecule has 1 aliphatic rings. The first-order chi connectivity index (χ1) is 10.8. The molecular formula is C15H27N3O3S2. The van der Waals surface area contributed by atoms with E-state index in [4.69, 9.17) is 4.74 Å². The second-order valence-electron chi connectivity index (χ2n) is 6.17. The Morgan fingerprint density at radius 3 is 2.48 bits per heavy atom. The largest absolute Gasteiger partial charge is 0.384 e. The van der Waals surface area contributed by atoms with Gasteiger partial charge >= 0.3 is 0 Å². The smallest absolute Gasteiger partial charge is 0.282 e. The van der Waals surface area contributed by atoms with E-state index in [-0.39, 0.29) is 6.04 Å². The van der Waals surface area contributed by atoms with Gasteiger partial charge in [0.25, 0.3) is 10.2 Å². The second kappa shape index (κ2) is 7.57. The van der Waals surface area contributed by atoms with Crippen molar-refractivity contribution in [1.82, 2.24) is 13.6 Å². The fourth-order valence-electron chi connectivity index (χ4n) is 3.03. The summed E-state index contributed by atoms with van der Waals surface area (Å²) in [4.78, 5) is 5.58. The zero-order chi connectivity index (χ0) is 17.2. The Morgan fingerprint density at radius 2 is 2.00 bits per heavy atom. The maximum Gasteiger partial charge on any atom is 0.282 e. The van der Waals surface area contributed by atoms with E-state index in [2.05, 4.69) is 4.98 Å². The number of nitrogens with zero attached hydrogens (tertiary/aromatic N) is 3. The molecular weight excluding hydrogens is 334 g/mol. The molecule has 0 aliphatic carbocycles. The summed E-state index contributed by atoms with van der Waals surface area (Å²) in [6.45, 7) is 7.66. The minimum atomic E-state index is -3.46. The van der Waals surface area contributed by atoms with Crippen molar-refractivity contribution in [2.24, 2.45) is 5.92 Å². The van der Waals surface area contributed by atoms with Crippen LogP contribution in [0, 0.1) is 19.8 Å². The quantitative estimate of drug-likeness (QED) is 0.780. The van der Waals surface area contributed by atoms with Gasteiger partial charge in [0.2, 0.25) is 0 Å². The van der Waals surface area contributed by atoms with Crippen LogP contribution in [0.15, 0.2) is 0 Å². The van der Waals surface area contributed by atoms with E-state index in [0.29, 0.717) is 25.6 Å². The van der Waals surface area contributed by atoms with Crippen molar-refractivity contribution in [2.75, 3.05) is 33.9 Å². The zero-order valence-electron chi connectivity index (χ0n) is 14.6. The van der Waals surface area contributed by atoms with Crippen LogP contribution in [0.2, 0.25) is 0 Å². The van der Waals surface area contributed by atoms with Crippen molar-refractivity contribution in [3.63, 3.8) is 0 Å². The van der Waals surface area contributed by atoms with Gasteiger partial charge in [0.15, 0.2) is 0 Å². The molecule has 6 nitrogen and oxygen atoms in total. The Bertz CT molecular complexity index is 622. The van der Waals surface area contributed by atoms with Gasteiger partial charge in [-0.25, -0.2) is 4.98 Å². The summed E-state index contributed by atoms with van der Waals surface area (Å²) in [5.74, 6) is 0.456. The summed E-state index contributed by atoms with van der Waals surface area (Å²) in [7, 11) is -0.125. The number of hydrogen-bond donors (Lipinski definition) is 0. The molecule has 1 aromatic heterocycles. The Labute approximate surface area is 143 Å². The molecule has 0 unspecified atom stereocenters. The van der Waals surface area contributed by atoms with Crippen molar-refractivity contribution < 1.29 is 13.2 Å². The molecule has 0 bridgehead atoms. The van der Waals surface area contributed by atoms with E-state index in [1.807, 2.05) is 20.8 Å². The number of ether oxygens (including phenoxy) is 1. The molecule has 1 saturated heterocycles. The molecule has 2 heterocycles. The van der Waals surface area contributed by atoms with Gasteiger partial charge < -0.3 is 4.74 Å². The van der Waals surface area contributed by atoms with Crippen molar-refractivity contribution in [2.45, 2.75) is 39.7 Å². The van der Waals surface area contributed by atoms with Gasteiger partial charge in [0.1, 0.15) is 0 Å². The maximum atomic E-state index is 12.9. The molecule has 1 aliphatic heterocycles. The Morgan fingerprint density at radius 1 is 1.39 bits per heavy atom. The third kappa shape index (κ3) is 4.11. The highest BCUT2D eigenvalue weighted by Gasteiger charge is 2.34. The Balaban J connectivity index is 2.08. The molecule has 132 valence electrons. The van der Waals surface area contributed by atoms with Crippen LogP contribution in [0.1, 0.15) is 41.4 Å². The molecule has 0 N–H and O–H groups in total. The van der Waals surface area contributed by atoms with Gasteiger partial charge in [0, 0.05) is 38.7 Å². The number of thiazole rings is 1. The summed E-state index contributed by atoms with van der Waals surface area (Å²) >= 11 is 1.61. The fourth-order valence-corrected chi connectivity index (χ4v) is 5.47. The first-order valence-corrected chi connectivity index (χ1v) is 10.1. The van der Waals surface area contributed by atoms with Crippen molar-refractivity contribution in [3.8, 4) is 0 Å². The summed E-state index contributed by atoms with van der Waals surface area (Å²) < 4.78 is 34.0. The second-order valence-corrected chi connectivity index (χ2v) is 9.57. The van der Waals surface area contributed by atoms with E-state index in [9.17, 15) is 8.42 Å². The highest BCUT2D eigenvalue weighted by Crippen LogP contribution is 2.30. The Hall–Kier alpha value is -0.540. The lowest BCUT2D eigenvalue weighted by Crippen LogP contribution is -2.46. The van der Waals surface area contributed by atoms with Crippen LogP contribution in [0.5, 0.6) is 0 Å². The van der Waals surface area contributed by atoms with Gasteiger partial charge in [-0.3, -0.25) is 0 Å². The molecule has 0 aromatic carbocycles. The average Bonchev–Trinajstić information content (AvgIpc) is 2.85. The monoisotopic (exact) mass is 361 g/mol. The molecule has 1 atom stereocenters. The van der Waals surface area contributed by atoms with Crippen LogP contribution in [0.3, 0.4) is 0 Å². The van der Waals surface area contributed by atoms with Crippen LogP contribution in [-0.2, 0) is 14.9 Å². The topological polar surface area (TPSA) is 62.7 Å². The zero-order valence-corrected chi connectivity index (χ0v) is 16.2. The summed E-state index contributed by atoms with van der Waals surface area (Å²) in [6.07, 6.45) is 1.70. The predicted octanol–water partition coefficient (Wildman–Crippen LogP) is 2.36. The molecule has 8 heteroatoms. The van der Waals surface area contributed by atoms with Crippen LogP contribution in [0.4, 0.5) is 0 Å². The molecule has 1 fully saturated rings. The Kier molecular flexibility index (Phi) is 6.18. The van der Waals surface area contributed by atoms with Gasteiger partial charge in [-0.1, -0.05) is 0 Å². The van der Waals surface area contributed by atoms with Crippen LogP contribution in [-0.4, -0.2) is 55.9 Å². The average molecular weight is 362 g/mol. The summed E-state index contributed by atoms with van der Waals surface area (Å²) in [6, 6.07) is -0.262. The lowest BCUT2D eigenvalue weighted by Gasteiger charge is -2.35. The number of piperidine rings is 1. The summed E-state index contributed by atoms with van der Waals surface area (Å²) in [5.41, 5.74) is 0.854. The van der Waals surface area contributed by atoms with Crippen LogP contribution >= 0.6 is 11.3 Å². The first kappa shape index (κ1) is 18.8. The lowest BCUT2D eigenvalue weighted by molar-refractivity contribution is 0.119. The number of hydrogen-bond acceptors (Lipinski definition) is 5. The van der Waals surface area contributed by atoms with E-state index < -0.39 is 10.2 Å². The maximum absolute atomic E-state index is 12.9. The lowest BCUT2D eigenvalue weighted by atomic mass is 9.99. The standard InChI is InChI=1S/C15H27N3O3S2/c1-11(15-12(2)22-13(3)16-15)17(4)23(19,20)18-8-6-14(7-9-18)10-21-5/h11,14H,6-10H2,1-5H3/t11-/m0/s1. The van der Waals surface area contributed by atoms with Crippen LogP contribution in [0.25, 0.3) is 0 Å². The minimum Gasteiger partial charge on any atom is -0.384 e. The van der Waals surface area contributed by atoms with Gasteiger partial charge in [-0.2, -0.15) is 17.0 Å². The predicted molar refractivity (Wildman–Crippen MR) is 92.9 cm³/mol. The van der Waals surface area contributed by atoms with Gasteiger partial charge in [-0.05, 0) is 39.5 Å². The third-order valence-corrected chi connectivity index (χ3v) is 7.51. The minimum absolute atomic E-state index is 0.262. The highest BCUT2D eigenvalue weighted by molar-refractivity contribution is 7.86. The number of aromatic nitrogens is 1. The molecule has 2 rings (SSSR count). The van der Waals surface area contributed by atoms with Gasteiger partial charge in [-0.15, -0.1) is 11.3 Å². The summed E-state index contributed by atoms with van der Waals surface area (Å²) in [5, 5.41) is 0.968. The molecule has 0 saturated carbocycles. The van der Waals surface area contributed by atoms with Crippen molar-refractivity contribution >= 4 is 21.5 Å². The molecule has 1 aromatic rings. The third-order valence-electron chi connectivity index (χ3n) is 4.55.